The van der Waals surface area contributed by atoms with Gasteiger partial charge in [0.15, 0.2) is 11.6 Å². The summed E-state index contributed by atoms with van der Waals surface area (Å²) in [7, 11) is 2.02. The molecule has 1 saturated carbocycles. The zero-order valence-electron chi connectivity index (χ0n) is 12.0. The van der Waals surface area contributed by atoms with Gasteiger partial charge in [0.2, 0.25) is 0 Å². The smallest absolute Gasteiger partial charge is 0.164 e. The van der Waals surface area contributed by atoms with Crippen LogP contribution >= 0.6 is 0 Å². The average molecular weight is 283 g/mol. The van der Waals surface area contributed by atoms with Crippen molar-refractivity contribution in [3.8, 4) is 0 Å². The molecule has 1 aromatic rings. The summed E-state index contributed by atoms with van der Waals surface area (Å²) in [6.07, 6.45) is 4.67. The third-order valence-corrected chi connectivity index (χ3v) is 4.17. The van der Waals surface area contributed by atoms with E-state index in [1.54, 1.807) is 0 Å². The molecule has 0 aromatic heterocycles. The van der Waals surface area contributed by atoms with Crippen LogP contribution in [0.25, 0.3) is 0 Å². The standard InChI is InChI=1S/C16H23F2NO/c1-19(11-12-5-2-3-6-12)10-9-15(20)13-7-4-8-14(17)16(13)18/h4,7-8,12,15,20H,2-3,5-6,9-11H2,1H3. The number of hydrogen-bond acceptors (Lipinski definition) is 2. The Kier molecular flexibility index (Phi) is 5.49. The summed E-state index contributed by atoms with van der Waals surface area (Å²) >= 11 is 0. The third-order valence-electron chi connectivity index (χ3n) is 4.17. The van der Waals surface area contributed by atoms with E-state index < -0.39 is 17.7 Å². The Hall–Kier alpha value is -1.00. The minimum atomic E-state index is -0.947. The van der Waals surface area contributed by atoms with E-state index in [1.807, 2.05) is 7.05 Å². The predicted octanol–water partition coefficient (Wildman–Crippen LogP) is 3.51. The van der Waals surface area contributed by atoms with E-state index in [-0.39, 0.29) is 5.56 Å². The van der Waals surface area contributed by atoms with Crippen molar-refractivity contribution in [1.82, 2.24) is 4.90 Å². The van der Waals surface area contributed by atoms with Crippen LogP contribution in [0.5, 0.6) is 0 Å². The molecule has 2 nitrogen and oxygen atoms in total. The van der Waals surface area contributed by atoms with E-state index in [4.69, 9.17) is 0 Å². The minimum absolute atomic E-state index is 0.0549. The fourth-order valence-electron chi connectivity index (χ4n) is 3.00. The summed E-state index contributed by atoms with van der Waals surface area (Å²) in [5, 5.41) is 10.0. The molecular weight excluding hydrogens is 260 g/mol. The van der Waals surface area contributed by atoms with Crippen LogP contribution in [0.3, 0.4) is 0 Å². The molecule has 2 rings (SSSR count). The zero-order chi connectivity index (χ0) is 14.5. The Bertz CT molecular complexity index is 432. The van der Waals surface area contributed by atoms with Crippen LogP contribution in [0.4, 0.5) is 8.78 Å². The van der Waals surface area contributed by atoms with Crippen molar-refractivity contribution in [3.05, 3.63) is 35.4 Å². The van der Waals surface area contributed by atoms with Gasteiger partial charge in [0, 0.05) is 18.7 Å². The Morgan fingerprint density at radius 3 is 2.70 bits per heavy atom. The SMILES string of the molecule is CN(CCC(O)c1cccc(F)c1F)CC1CCCC1. The number of halogens is 2. The van der Waals surface area contributed by atoms with Crippen molar-refractivity contribution in [3.63, 3.8) is 0 Å². The van der Waals surface area contributed by atoms with E-state index in [0.29, 0.717) is 13.0 Å². The Balaban J connectivity index is 1.81. The molecule has 0 heterocycles. The molecule has 1 aliphatic carbocycles. The van der Waals surface area contributed by atoms with Crippen molar-refractivity contribution in [2.75, 3.05) is 20.1 Å². The maximum atomic E-state index is 13.6. The Morgan fingerprint density at radius 2 is 2.00 bits per heavy atom. The number of aliphatic hydroxyl groups excluding tert-OH is 1. The first-order chi connectivity index (χ1) is 9.58. The van der Waals surface area contributed by atoms with Crippen LogP contribution in [0, 0.1) is 17.6 Å². The van der Waals surface area contributed by atoms with Crippen molar-refractivity contribution < 1.29 is 13.9 Å². The summed E-state index contributed by atoms with van der Waals surface area (Å²) < 4.78 is 26.7. The summed E-state index contributed by atoms with van der Waals surface area (Å²) in [6, 6.07) is 3.94. The second-order valence-corrected chi connectivity index (χ2v) is 5.86. The molecule has 1 unspecified atom stereocenters. The number of benzene rings is 1. The summed E-state index contributed by atoms with van der Waals surface area (Å²) in [6.45, 7) is 1.71. The molecule has 0 bridgehead atoms. The lowest BCUT2D eigenvalue weighted by molar-refractivity contribution is 0.140. The fourth-order valence-corrected chi connectivity index (χ4v) is 3.00. The number of nitrogens with zero attached hydrogens (tertiary/aromatic N) is 1. The predicted molar refractivity (Wildman–Crippen MR) is 75.4 cm³/mol. The second kappa shape index (κ2) is 7.14. The first-order valence-corrected chi connectivity index (χ1v) is 7.38. The van der Waals surface area contributed by atoms with E-state index in [1.165, 1.54) is 37.8 Å². The van der Waals surface area contributed by atoms with Crippen molar-refractivity contribution in [1.29, 1.82) is 0 Å². The number of rotatable bonds is 6. The first kappa shape index (κ1) is 15.4. The van der Waals surface area contributed by atoms with Crippen molar-refractivity contribution in [2.24, 2.45) is 5.92 Å². The highest BCUT2D eigenvalue weighted by Gasteiger charge is 2.19. The second-order valence-electron chi connectivity index (χ2n) is 5.86. The molecule has 0 aliphatic heterocycles. The highest BCUT2D eigenvalue weighted by Crippen LogP contribution is 2.26. The average Bonchev–Trinajstić information content (AvgIpc) is 2.92. The van der Waals surface area contributed by atoms with Crippen LogP contribution in [-0.4, -0.2) is 30.1 Å². The van der Waals surface area contributed by atoms with Crippen molar-refractivity contribution >= 4 is 0 Å². The fraction of sp³-hybridized carbons (Fsp3) is 0.625. The molecule has 20 heavy (non-hydrogen) atoms. The van der Waals surface area contributed by atoms with Crippen LogP contribution < -0.4 is 0 Å². The molecule has 0 amide bonds. The summed E-state index contributed by atoms with van der Waals surface area (Å²) in [4.78, 5) is 2.18. The molecule has 1 N–H and O–H groups in total. The number of aliphatic hydroxyl groups is 1. The van der Waals surface area contributed by atoms with E-state index in [0.717, 1.165) is 18.5 Å². The van der Waals surface area contributed by atoms with Crippen molar-refractivity contribution in [2.45, 2.75) is 38.2 Å². The Morgan fingerprint density at radius 1 is 1.30 bits per heavy atom. The molecule has 112 valence electrons. The molecule has 0 saturated heterocycles. The Labute approximate surface area is 119 Å². The molecule has 1 aliphatic rings. The number of hydrogen-bond donors (Lipinski definition) is 1. The largest absolute Gasteiger partial charge is 0.388 e. The zero-order valence-corrected chi connectivity index (χ0v) is 12.0. The van der Waals surface area contributed by atoms with Gasteiger partial charge in [-0.25, -0.2) is 8.78 Å². The molecule has 0 radical (unpaired) electrons. The van der Waals surface area contributed by atoms with Gasteiger partial charge in [-0.1, -0.05) is 25.0 Å². The lowest BCUT2D eigenvalue weighted by Gasteiger charge is -2.22. The summed E-state index contributed by atoms with van der Waals surface area (Å²) in [5.41, 5.74) is 0.0549. The maximum absolute atomic E-state index is 13.6. The van der Waals surface area contributed by atoms with Gasteiger partial charge in [-0.15, -0.1) is 0 Å². The highest BCUT2D eigenvalue weighted by molar-refractivity contribution is 5.21. The van der Waals surface area contributed by atoms with Crippen LogP contribution in [0.2, 0.25) is 0 Å². The highest BCUT2D eigenvalue weighted by atomic mass is 19.2. The first-order valence-electron chi connectivity index (χ1n) is 7.38. The van der Waals surface area contributed by atoms with Gasteiger partial charge in [-0.2, -0.15) is 0 Å². The van der Waals surface area contributed by atoms with Gasteiger partial charge >= 0.3 is 0 Å². The molecule has 1 aromatic carbocycles. The van der Waals surface area contributed by atoms with E-state index >= 15 is 0 Å². The topological polar surface area (TPSA) is 23.5 Å². The normalized spacial score (nSPS) is 17.9. The van der Waals surface area contributed by atoms with Crippen LogP contribution in [-0.2, 0) is 0 Å². The summed E-state index contributed by atoms with van der Waals surface area (Å²) in [5.74, 6) is -1.08. The molecule has 4 heteroatoms. The van der Waals surface area contributed by atoms with Crippen LogP contribution in [0.15, 0.2) is 18.2 Å². The third kappa shape index (κ3) is 4.00. The lowest BCUT2D eigenvalue weighted by Crippen LogP contribution is -2.26. The van der Waals surface area contributed by atoms with E-state index in [2.05, 4.69) is 4.90 Å². The quantitative estimate of drug-likeness (QED) is 0.863. The molecular formula is C16H23F2NO. The molecule has 1 atom stereocenters. The van der Waals surface area contributed by atoms with E-state index in [9.17, 15) is 13.9 Å². The van der Waals surface area contributed by atoms with Gasteiger partial charge in [0.05, 0.1) is 6.10 Å². The van der Waals surface area contributed by atoms with Gasteiger partial charge < -0.3 is 10.0 Å². The van der Waals surface area contributed by atoms with Gasteiger partial charge in [-0.3, -0.25) is 0 Å². The van der Waals surface area contributed by atoms with Gasteiger partial charge in [0.1, 0.15) is 0 Å². The van der Waals surface area contributed by atoms with Gasteiger partial charge in [0.25, 0.3) is 0 Å². The molecule has 0 spiro atoms. The maximum Gasteiger partial charge on any atom is 0.164 e. The minimum Gasteiger partial charge on any atom is -0.388 e. The molecule has 1 fully saturated rings. The van der Waals surface area contributed by atoms with Crippen LogP contribution in [0.1, 0.15) is 43.8 Å². The monoisotopic (exact) mass is 283 g/mol. The lowest BCUT2D eigenvalue weighted by atomic mass is 10.0. The van der Waals surface area contributed by atoms with Gasteiger partial charge in [-0.05, 0) is 38.3 Å².